The summed E-state index contributed by atoms with van der Waals surface area (Å²) in [6.07, 6.45) is -7.64. The Kier molecular flexibility index (Phi) is 6.89. The van der Waals surface area contributed by atoms with Gasteiger partial charge in [0.1, 0.15) is 6.10 Å². The van der Waals surface area contributed by atoms with Crippen molar-refractivity contribution in [3.8, 4) is 21.6 Å². The van der Waals surface area contributed by atoms with Crippen molar-refractivity contribution in [3.05, 3.63) is 98.6 Å². The molecule has 2 aromatic carbocycles. The van der Waals surface area contributed by atoms with Crippen LogP contribution in [0.1, 0.15) is 28.4 Å². The van der Waals surface area contributed by atoms with Gasteiger partial charge in [0.15, 0.2) is 0 Å². The fourth-order valence-electron chi connectivity index (χ4n) is 3.55. The van der Waals surface area contributed by atoms with Crippen molar-refractivity contribution < 1.29 is 31.4 Å². The van der Waals surface area contributed by atoms with Gasteiger partial charge in [-0.2, -0.15) is 26.3 Å². The van der Waals surface area contributed by atoms with Crippen LogP contribution in [0.5, 0.6) is 0 Å². The van der Waals surface area contributed by atoms with E-state index in [2.05, 4.69) is 4.98 Å². The van der Waals surface area contributed by atoms with Crippen LogP contribution in [0.25, 0.3) is 21.6 Å². The highest BCUT2D eigenvalue weighted by Crippen LogP contribution is 2.48. The molecule has 2 aromatic heterocycles. The topological polar surface area (TPSA) is 33.1 Å². The van der Waals surface area contributed by atoms with Gasteiger partial charge < -0.3 is 5.11 Å². The van der Waals surface area contributed by atoms with Gasteiger partial charge in [-0.3, -0.25) is 4.98 Å². The van der Waals surface area contributed by atoms with Crippen molar-refractivity contribution in [1.29, 1.82) is 0 Å². The number of nitrogens with zero attached hydrogens (tertiary/aromatic N) is 1. The second kappa shape index (κ2) is 9.46. The Morgan fingerprint density at radius 2 is 1.37 bits per heavy atom. The van der Waals surface area contributed by atoms with Crippen LogP contribution in [0.2, 0.25) is 10.0 Å². The molecule has 1 N–H and O–H groups in total. The second-order valence-corrected chi connectivity index (χ2v) is 9.16. The number of rotatable bonds is 4. The van der Waals surface area contributed by atoms with Crippen LogP contribution in [-0.4, -0.2) is 10.1 Å². The molecule has 1 unspecified atom stereocenters. The van der Waals surface area contributed by atoms with Crippen molar-refractivity contribution >= 4 is 34.5 Å². The van der Waals surface area contributed by atoms with Crippen LogP contribution >= 0.6 is 34.5 Å². The first kappa shape index (κ1) is 25.5. The molecular formula is C24H13Cl2F6NOS. The summed E-state index contributed by atoms with van der Waals surface area (Å²) in [6, 6.07) is 8.84. The van der Waals surface area contributed by atoms with Crippen molar-refractivity contribution in [2.24, 2.45) is 0 Å². The van der Waals surface area contributed by atoms with Crippen LogP contribution < -0.4 is 0 Å². The summed E-state index contributed by atoms with van der Waals surface area (Å²) in [6.45, 7) is 0. The van der Waals surface area contributed by atoms with E-state index in [0.29, 0.717) is 16.0 Å². The van der Waals surface area contributed by atoms with E-state index in [4.69, 9.17) is 23.2 Å². The predicted octanol–water partition coefficient (Wildman–Crippen LogP) is 8.90. The number of thiophene rings is 1. The monoisotopic (exact) mass is 547 g/mol. The van der Waals surface area contributed by atoms with Gasteiger partial charge in [-0.25, -0.2) is 0 Å². The van der Waals surface area contributed by atoms with Gasteiger partial charge in [0.2, 0.25) is 0 Å². The average molecular weight is 548 g/mol. The van der Waals surface area contributed by atoms with Crippen LogP contribution in [0.4, 0.5) is 26.3 Å². The minimum absolute atomic E-state index is 0.202. The largest absolute Gasteiger partial charge is 0.416 e. The molecule has 4 aromatic rings. The lowest BCUT2D eigenvalue weighted by molar-refractivity contribution is -0.138. The Morgan fingerprint density at radius 3 is 1.86 bits per heavy atom. The molecule has 182 valence electrons. The number of pyridine rings is 1. The van der Waals surface area contributed by atoms with E-state index in [1.807, 2.05) is 0 Å². The van der Waals surface area contributed by atoms with Crippen molar-refractivity contribution in [3.63, 3.8) is 0 Å². The van der Waals surface area contributed by atoms with E-state index in [9.17, 15) is 31.4 Å². The summed E-state index contributed by atoms with van der Waals surface area (Å²) < 4.78 is 78.7. The predicted molar refractivity (Wildman–Crippen MR) is 124 cm³/mol. The number of hydrogen-bond acceptors (Lipinski definition) is 3. The van der Waals surface area contributed by atoms with Gasteiger partial charge in [0, 0.05) is 55.1 Å². The molecule has 0 amide bonds. The number of aliphatic hydroxyl groups is 1. The molecule has 2 heterocycles. The average Bonchev–Trinajstić information content (AvgIpc) is 3.22. The van der Waals surface area contributed by atoms with E-state index in [1.54, 1.807) is 17.5 Å². The zero-order chi connectivity index (χ0) is 25.5. The van der Waals surface area contributed by atoms with Crippen LogP contribution in [-0.2, 0) is 12.4 Å². The fourth-order valence-corrected chi connectivity index (χ4v) is 5.30. The Labute approximate surface area is 209 Å². The molecule has 11 heteroatoms. The van der Waals surface area contributed by atoms with E-state index >= 15 is 0 Å². The van der Waals surface area contributed by atoms with Crippen molar-refractivity contribution in [1.82, 2.24) is 4.98 Å². The Hall–Kier alpha value is -2.59. The smallest absolute Gasteiger partial charge is 0.384 e. The first-order chi connectivity index (χ1) is 16.4. The SMILES string of the molecule is OC(c1cccnc1)c1c(-c2ccc(C(F)(F)F)cc2Cl)csc1-c1ccc(C(F)(F)F)cc1Cl. The zero-order valence-corrected chi connectivity index (χ0v) is 19.6. The molecule has 0 spiro atoms. The van der Waals surface area contributed by atoms with E-state index in [0.717, 1.165) is 35.6 Å². The molecule has 35 heavy (non-hydrogen) atoms. The Morgan fingerprint density at radius 1 is 0.800 bits per heavy atom. The molecule has 0 aliphatic carbocycles. The summed E-state index contributed by atoms with van der Waals surface area (Å²) in [4.78, 5) is 4.31. The third kappa shape index (κ3) is 5.18. The van der Waals surface area contributed by atoms with Crippen molar-refractivity contribution in [2.45, 2.75) is 18.5 Å². The normalized spacial score (nSPS) is 13.2. The molecular weight excluding hydrogens is 535 g/mol. The minimum Gasteiger partial charge on any atom is -0.384 e. The molecule has 1 atom stereocenters. The minimum atomic E-state index is -4.60. The lowest BCUT2D eigenvalue weighted by Crippen LogP contribution is -2.06. The highest BCUT2D eigenvalue weighted by Gasteiger charge is 2.33. The van der Waals surface area contributed by atoms with E-state index in [1.165, 1.54) is 24.5 Å². The molecule has 2 nitrogen and oxygen atoms in total. The zero-order valence-electron chi connectivity index (χ0n) is 17.3. The number of hydrogen-bond donors (Lipinski definition) is 1. The first-order valence-electron chi connectivity index (χ1n) is 9.81. The van der Waals surface area contributed by atoms with Gasteiger partial charge >= 0.3 is 12.4 Å². The quantitative estimate of drug-likeness (QED) is 0.259. The summed E-state index contributed by atoms with van der Waals surface area (Å²) in [5.74, 6) is 0. The van der Waals surface area contributed by atoms with E-state index in [-0.39, 0.29) is 26.7 Å². The van der Waals surface area contributed by atoms with Gasteiger partial charge in [0.25, 0.3) is 0 Å². The molecule has 0 saturated heterocycles. The lowest BCUT2D eigenvalue weighted by atomic mass is 9.92. The second-order valence-electron chi connectivity index (χ2n) is 7.47. The molecule has 0 aliphatic heterocycles. The van der Waals surface area contributed by atoms with Gasteiger partial charge in [-0.05, 0) is 35.7 Å². The van der Waals surface area contributed by atoms with Crippen LogP contribution in [0, 0.1) is 0 Å². The number of aromatic nitrogens is 1. The van der Waals surface area contributed by atoms with Crippen LogP contribution in [0.15, 0.2) is 66.3 Å². The highest BCUT2D eigenvalue weighted by molar-refractivity contribution is 7.14. The number of aliphatic hydroxyl groups excluding tert-OH is 1. The summed E-state index contributed by atoms with van der Waals surface area (Å²) in [7, 11) is 0. The maximum atomic E-state index is 13.1. The number of benzene rings is 2. The van der Waals surface area contributed by atoms with E-state index < -0.39 is 29.6 Å². The summed E-state index contributed by atoms with van der Waals surface area (Å²) in [5, 5.41) is 12.4. The van der Waals surface area contributed by atoms with Gasteiger partial charge in [0.05, 0.1) is 11.1 Å². The highest BCUT2D eigenvalue weighted by atomic mass is 35.5. The molecule has 4 rings (SSSR count). The lowest BCUT2D eigenvalue weighted by Gasteiger charge is -2.17. The maximum absolute atomic E-state index is 13.1. The molecule has 0 aliphatic rings. The summed E-state index contributed by atoms with van der Waals surface area (Å²) in [5.41, 5.74) is -0.549. The third-order valence-electron chi connectivity index (χ3n) is 5.23. The number of halogens is 8. The van der Waals surface area contributed by atoms with Crippen LogP contribution in [0.3, 0.4) is 0 Å². The number of alkyl halides is 6. The first-order valence-corrected chi connectivity index (χ1v) is 11.4. The van der Waals surface area contributed by atoms with Gasteiger partial charge in [-0.1, -0.05) is 41.4 Å². The molecule has 0 bridgehead atoms. The maximum Gasteiger partial charge on any atom is 0.416 e. The molecule has 0 saturated carbocycles. The third-order valence-corrected chi connectivity index (χ3v) is 6.89. The molecule has 0 fully saturated rings. The Bertz CT molecular complexity index is 1290. The summed E-state index contributed by atoms with van der Waals surface area (Å²) >= 11 is 13.5. The van der Waals surface area contributed by atoms with Gasteiger partial charge in [-0.15, -0.1) is 11.3 Å². The van der Waals surface area contributed by atoms with Crippen molar-refractivity contribution in [2.75, 3.05) is 0 Å². The standard InChI is InChI=1S/C24H13Cl2F6NOS/c25-18-8-13(23(27,28)29)3-5-15(18)17-11-35-22(20(17)21(34)12-2-1-7-33-10-12)16-6-4-14(9-19(16)26)24(30,31)32/h1-11,21,34H. The fraction of sp³-hybridized carbons (Fsp3) is 0.125. The molecule has 0 radical (unpaired) electrons. The Balaban J connectivity index is 1.92.